The van der Waals surface area contributed by atoms with E-state index in [2.05, 4.69) is 10.3 Å². The molecule has 5 nitrogen and oxygen atoms in total. The molecule has 0 radical (unpaired) electrons. The molecule has 0 bridgehead atoms. The molecule has 0 saturated carbocycles. The number of benzene rings is 1. The molecule has 6 heteroatoms. The van der Waals surface area contributed by atoms with Crippen molar-refractivity contribution in [1.82, 2.24) is 15.2 Å². The van der Waals surface area contributed by atoms with Crippen LogP contribution in [0.1, 0.15) is 10.5 Å². The molecule has 2 heterocycles. The number of rotatable bonds is 2. The highest BCUT2D eigenvalue weighted by atomic mass is 32.1. The zero-order valence-electron chi connectivity index (χ0n) is 10.7. The van der Waals surface area contributed by atoms with Crippen LogP contribution >= 0.6 is 11.3 Å². The molecule has 0 aliphatic carbocycles. The fourth-order valence-electron chi connectivity index (χ4n) is 2.06. The third kappa shape index (κ3) is 2.55. The van der Waals surface area contributed by atoms with Gasteiger partial charge in [0.1, 0.15) is 10.7 Å². The van der Waals surface area contributed by atoms with Gasteiger partial charge in [-0.05, 0) is 0 Å². The number of hydrogen-bond acceptors (Lipinski definition) is 4. The normalized spacial score (nSPS) is 15.0. The second kappa shape index (κ2) is 5.42. The van der Waals surface area contributed by atoms with Gasteiger partial charge in [-0.2, -0.15) is 0 Å². The Kier molecular flexibility index (Phi) is 3.47. The van der Waals surface area contributed by atoms with Crippen LogP contribution in [0, 0.1) is 0 Å². The zero-order chi connectivity index (χ0) is 13.9. The van der Waals surface area contributed by atoms with Gasteiger partial charge in [0.15, 0.2) is 0 Å². The van der Waals surface area contributed by atoms with E-state index in [0.717, 1.165) is 10.6 Å². The molecule has 20 heavy (non-hydrogen) atoms. The summed E-state index contributed by atoms with van der Waals surface area (Å²) in [7, 11) is 0. The van der Waals surface area contributed by atoms with Crippen LogP contribution in [0.25, 0.3) is 10.6 Å². The fraction of sp³-hybridized carbons (Fsp3) is 0.214. The van der Waals surface area contributed by atoms with Gasteiger partial charge < -0.3 is 10.2 Å². The fourth-order valence-corrected chi connectivity index (χ4v) is 2.86. The number of hydrogen-bond donors (Lipinski definition) is 1. The molecule has 1 aromatic carbocycles. The molecule has 0 unspecified atom stereocenters. The maximum Gasteiger partial charge on any atom is 0.273 e. The number of nitrogens with zero attached hydrogens (tertiary/aromatic N) is 2. The highest BCUT2D eigenvalue weighted by Gasteiger charge is 2.24. The minimum Gasteiger partial charge on any atom is -0.353 e. The standard InChI is InChI=1S/C14H13N3O2S/c18-12-8-17(7-6-15-12)14(19)11-9-20-13(16-11)10-4-2-1-3-5-10/h1-5,9H,6-8H2,(H,15,18). The van der Waals surface area contributed by atoms with Crippen molar-refractivity contribution in [2.24, 2.45) is 0 Å². The Balaban J connectivity index is 1.80. The molecule has 2 aromatic rings. The van der Waals surface area contributed by atoms with Crippen LogP contribution in [0.15, 0.2) is 35.7 Å². The van der Waals surface area contributed by atoms with Crippen molar-refractivity contribution < 1.29 is 9.59 Å². The molecule has 1 N–H and O–H groups in total. The van der Waals surface area contributed by atoms with Gasteiger partial charge in [-0.25, -0.2) is 4.98 Å². The lowest BCUT2D eigenvalue weighted by molar-refractivity contribution is -0.123. The summed E-state index contributed by atoms with van der Waals surface area (Å²) in [5.41, 5.74) is 1.40. The quantitative estimate of drug-likeness (QED) is 0.907. The molecule has 3 rings (SSSR count). The summed E-state index contributed by atoms with van der Waals surface area (Å²) >= 11 is 1.44. The van der Waals surface area contributed by atoms with E-state index in [9.17, 15) is 9.59 Å². The highest BCUT2D eigenvalue weighted by Crippen LogP contribution is 2.23. The number of nitrogens with one attached hydrogen (secondary N) is 1. The average molecular weight is 287 g/mol. The molecule has 102 valence electrons. The predicted octanol–water partition coefficient (Wildman–Crippen LogP) is 1.38. The van der Waals surface area contributed by atoms with Gasteiger partial charge in [-0.15, -0.1) is 11.3 Å². The van der Waals surface area contributed by atoms with Gasteiger partial charge in [0, 0.05) is 24.0 Å². The second-order valence-electron chi connectivity index (χ2n) is 4.48. The van der Waals surface area contributed by atoms with Gasteiger partial charge in [0.25, 0.3) is 5.91 Å². The molecule has 0 atom stereocenters. The molecule has 1 fully saturated rings. The van der Waals surface area contributed by atoms with Gasteiger partial charge in [0.05, 0.1) is 6.54 Å². The molecular weight excluding hydrogens is 274 g/mol. The molecule has 2 amide bonds. The van der Waals surface area contributed by atoms with Gasteiger partial charge in [-0.3, -0.25) is 9.59 Å². The molecular formula is C14H13N3O2S. The summed E-state index contributed by atoms with van der Waals surface area (Å²) in [6.07, 6.45) is 0. The number of carbonyl (C=O) groups excluding carboxylic acids is 2. The lowest BCUT2D eigenvalue weighted by Crippen LogP contribution is -2.50. The van der Waals surface area contributed by atoms with E-state index in [0.29, 0.717) is 18.8 Å². The lowest BCUT2D eigenvalue weighted by atomic mass is 10.2. The van der Waals surface area contributed by atoms with Crippen LogP contribution in [0.4, 0.5) is 0 Å². The van der Waals surface area contributed by atoms with Gasteiger partial charge >= 0.3 is 0 Å². The van der Waals surface area contributed by atoms with Crippen LogP contribution < -0.4 is 5.32 Å². The zero-order valence-corrected chi connectivity index (χ0v) is 11.5. The van der Waals surface area contributed by atoms with Crippen molar-refractivity contribution in [1.29, 1.82) is 0 Å². The first-order chi connectivity index (χ1) is 9.74. The van der Waals surface area contributed by atoms with E-state index in [4.69, 9.17) is 0 Å². The number of aromatic nitrogens is 1. The first-order valence-electron chi connectivity index (χ1n) is 6.31. The Bertz CT molecular complexity index is 639. The van der Waals surface area contributed by atoms with E-state index in [1.807, 2.05) is 30.3 Å². The van der Waals surface area contributed by atoms with Crippen LogP contribution in [0.3, 0.4) is 0 Å². The third-order valence-corrected chi connectivity index (χ3v) is 3.96. The Hall–Kier alpha value is -2.21. The Morgan fingerprint density at radius 2 is 2.10 bits per heavy atom. The number of carbonyl (C=O) groups is 2. The number of thiazole rings is 1. The van der Waals surface area contributed by atoms with E-state index in [1.165, 1.54) is 16.2 Å². The summed E-state index contributed by atoms with van der Waals surface area (Å²) in [4.78, 5) is 29.5. The van der Waals surface area contributed by atoms with Crippen molar-refractivity contribution in [3.8, 4) is 10.6 Å². The highest BCUT2D eigenvalue weighted by molar-refractivity contribution is 7.13. The van der Waals surface area contributed by atoms with Crippen LogP contribution in [-0.2, 0) is 4.79 Å². The summed E-state index contributed by atoms with van der Waals surface area (Å²) in [6.45, 7) is 1.14. The first-order valence-corrected chi connectivity index (χ1v) is 7.19. The minimum atomic E-state index is -0.182. The first kappa shape index (κ1) is 12.8. The molecule has 1 aliphatic heterocycles. The van der Waals surface area contributed by atoms with Crippen LogP contribution in [0.2, 0.25) is 0 Å². The van der Waals surface area contributed by atoms with Crippen molar-refractivity contribution >= 4 is 23.2 Å². The topological polar surface area (TPSA) is 62.3 Å². The van der Waals surface area contributed by atoms with Crippen molar-refractivity contribution in [3.63, 3.8) is 0 Å². The van der Waals surface area contributed by atoms with Crippen molar-refractivity contribution in [3.05, 3.63) is 41.4 Å². The monoisotopic (exact) mass is 287 g/mol. The van der Waals surface area contributed by atoms with Crippen molar-refractivity contribution in [2.75, 3.05) is 19.6 Å². The lowest BCUT2D eigenvalue weighted by Gasteiger charge is -2.25. The van der Waals surface area contributed by atoms with E-state index >= 15 is 0 Å². The van der Waals surface area contributed by atoms with Crippen LogP contribution in [0.5, 0.6) is 0 Å². The maximum atomic E-state index is 12.3. The van der Waals surface area contributed by atoms with Gasteiger partial charge in [0.2, 0.25) is 5.91 Å². The summed E-state index contributed by atoms with van der Waals surface area (Å²) in [5, 5.41) is 5.26. The summed E-state index contributed by atoms with van der Waals surface area (Å²) in [5.74, 6) is -0.304. The smallest absolute Gasteiger partial charge is 0.273 e. The Morgan fingerprint density at radius 3 is 2.85 bits per heavy atom. The molecule has 1 saturated heterocycles. The van der Waals surface area contributed by atoms with Crippen molar-refractivity contribution in [2.45, 2.75) is 0 Å². The summed E-state index contributed by atoms with van der Waals surface area (Å²) < 4.78 is 0. The van der Waals surface area contributed by atoms with Gasteiger partial charge in [-0.1, -0.05) is 30.3 Å². The second-order valence-corrected chi connectivity index (χ2v) is 5.34. The molecule has 0 spiro atoms. The SMILES string of the molecule is O=C1CN(C(=O)c2csc(-c3ccccc3)n2)CCN1. The van der Waals surface area contributed by atoms with Crippen LogP contribution in [-0.4, -0.2) is 41.3 Å². The van der Waals surface area contributed by atoms with E-state index in [-0.39, 0.29) is 18.4 Å². The Labute approximate surface area is 120 Å². The Morgan fingerprint density at radius 1 is 1.30 bits per heavy atom. The number of piperazine rings is 1. The third-order valence-electron chi connectivity index (χ3n) is 3.07. The summed E-state index contributed by atoms with van der Waals surface area (Å²) in [6, 6.07) is 9.73. The van der Waals surface area contributed by atoms with E-state index < -0.39 is 0 Å². The largest absolute Gasteiger partial charge is 0.353 e. The average Bonchev–Trinajstić information content (AvgIpc) is 2.97. The predicted molar refractivity (Wildman–Crippen MR) is 76.5 cm³/mol. The van der Waals surface area contributed by atoms with E-state index in [1.54, 1.807) is 5.38 Å². The molecule has 1 aliphatic rings. The molecule has 1 aromatic heterocycles. The minimum absolute atomic E-state index is 0.108. The number of amides is 2. The maximum absolute atomic E-state index is 12.3.